The number of carbonyl (C=O) groups excluding carboxylic acids is 2. The van der Waals surface area contributed by atoms with E-state index in [2.05, 4.69) is 5.32 Å². The Morgan fingerprint density at radius 2 is 1.81 bits per heavy atom. The molecular formula is C11H18N2O3. The van der Waals surface area contributed by atoms with Gasteiger partial charge in [0.05, 0.1) is 6.61 Å². The molecule has 1 spiro atoms. The number of urea groups is 1. The first kappa shape index (κ1) is 11.4. The highest BCUT2D eigenvalue weighted by atomic mass is 16.3. The minimum absolute atomic E-state index is 0.0948. The Morgan fingerprint density at radius 1 is 1.19 bits per heavy atom. The average molecular weight is 226 g/mol. The van der Waals surface area contributed by atoms with Crippen LogP contribution in [0.2, 0.25) is 0 Å². The highest BCUT2D eigenvalue weighted by Crippen LogP contribution is 2.35. The van der Waals surface area contributed by atoms with E-state index in [4.69, 9.17) is 5.11 Å². The van der Waals surface area contributed by atoms with E-state index in [9.17, 15) is 9.59 Å². The average Bonchev–Trinajstić information content (AvgIpc) is 2.49. The largest absolute Gasteiger partial charge is 0.395 e. The van der Waals surface area contributed by atoms with Crippen LogP contribution in [0.5, 0.6) is 0 Å². The maximum absolute atomic E-state index is 11.9. The normalized spacial score (nSPS) is 24.7. The number of hydrogen-bond acceptors (Lipinski definition) is 3. The van der Waals surface area contributed by atoms with Gasteiger partial charge in [0, 0.05) is 6.54 Å². The molecule has 5 nitrogen and oxygen atoms in total. The van der Waals surface area contributed by atoms with Crippen LogP contribution >= 0.6 is 0 Å². The van der Waals surface area contributed by atoms with Gasteiger partial charge in [-0.2, -0.15) is 0 Å². The summed E-state index contributed by atoms with van der Waals surface area (Å²) in [6.45, 7) is 0.153. The van der Waals surface area contributed by atoms with Crippen LogP contribution in [0, 0.1) is 0 Å². The van der Waals surface area contributed by atoms with Gasteiger partial charge in [-0.1, -0.05) is 25.7 Å². The van der Waals surface area contributed by atoms with Crippen molar-refractivity contribution < 1.29 is 14.7 Å². The lowest BCUT2D eigenvalue weighted by Crippen LogP contribution is -2.50. The second-order valence-corrected chi connectivity index (χ2v) is 4.58. The van der Waals surface area contributed by atoms with Gasteiger partial charge in [0.1, 0.15) is 5.54 Å². The molecule has 90 valence electrons. The summed E-state index contributed by atoms with van der Waals surface area (Å²) in [6.07, 6.45) is 5.65. The van der Waals surface area contributed by atoms with Crippen molar-refractivity contribution >= 4 is 11.9 Å². The molecule has 0 aromatic rings. The van der Waals surface area contributed by atoms with Gasteiger partial charge in [-0.25, -0.2) is 4.79 Å². The summed E-state index contributed by atoms with van der Waals surface area (Å²) in [5.41, 5.74) is -0.670. The van der Waals surface area contributed by atoms with Crippen LogP contribution in [0.4, 0.5) is 4.79 Å². The molecule has 0 radical (unpaired) electrons. The lowest BCUT2D eigenvalue weighted by atomic mass is 9.89. The first-order valence-electron chi connectivity index (χ1n) is 5.95. The van der Waals surface area contributed by atoms with Gasteiger partial charge in [0.25, 0.3) is 5.91 Å². The molecule has 3 amide bonds. The van der Waals surface area contributed by atoms with Gasteiger partial charge in [-0.05, 0) is 12.8 Å². The summed E-state index contributed by atoms with van der Waals surface area (Å²) in [4.78, 5) is 25.1. The molecule has 0 aromatic heterocycles. The number of carbonyl (C=O) groups is 2. The van der Waals surface area contributed by atoms with Crippen molar-refractivity contribution in [1.29, 1.82) is 0 Å². The van der Waals surface area contributed by atoms with E-state index in [0.717, 1.165) is 38.5 Å². The quantitative estimate of drug-likeness (QED) is 0.678. The van der Waals surface area contributed by atoms with E-state index in [1.165, 1.54) is 4.90 Å². The molecule has 5 heteroatoms. The van der Waals surface area contributed by atoms with E-state index in [-0.39, 0.29) is 25.1 Å². The lowest BCUT2D eigenvalue weighted by Gasteiger charge is -2.34. The summed E-state index contributed by atoms with van der Waals surface area (Å²) in [7, 11) is 0. The molecule has 0 atom stereocenters. The molecule has 1 saturated carbocycles. The highest BCUT2D eigenvalue weighted by Gasteiger charge is 2.51. The third kappa shape index (κ3) is 1.69. The second kappa shape index (κ2) is 4.41. The molecule has 1 heterocycles. The molecule has 0 bridgehead atoms. The maximum atomic E-state index is 11.9. The van der Waals surface area contributed by atoms with Crippen molar-refractivity contribution in [2.75, 3.05) is 13.2 Å². The van der Waals surface area contributed by atoms with Crippen LogP contribution in [0.15, 0.2) is 0 Å². The van der Waals surface area contributed by atoms with Crippen LogP contribution in [0.3, 0.4) is 0 Å². The Labute approximate surface area is 94.8 Å². The van der Waals surface area contributed by atoms with Gasteiger partial charge >= 0.3 is 6.03 Å². The summed E-state index contributed by atoms with van der Waals surface area (Å²) in [6, 6.07) is -0.346. The summed E-state index contributed by atoms with van der Waals surface area (Å²) in [5.74, 6) is -0.173. The Kier molecular flexibility index (Phi) is 3.14. The topological polar surface area (TPSA) is 69.6 Å². The van der Waals surface area contributed by atoms with Crippen molar-refractivity contribution in [3.05, 3.63) is 0 Å². The number of imide groups is 1. The third-order valence-electron chi connectivity index (χ3n) is 3.66. The SMILES string of the molecule is O=C1NC(=O)C2(CCCCCC2)N1CCO. The monoisotopic (exact) mass is 226 g/mol. The first-order valence-corrected chi connectivity index (χ1v) is 5.95. The van der Waals surface area contributed by atoms with E-state index < -0.39 is 5.54 Å². The van der Waals surface area contributed by atoms with E-state index in [1.807, 2.05) is 0 Å². The fourth-order valence-electron chi connectivity index (χ4n) is 2.82. The smallest absolute Gasteiger partial charge is 0.325 e. The van der Waals surface area contributed by atoms with Gasteiger partial charge in [-0.3, -0.25) is 10.1 Å². The predicted octanol–water partition coefficient (Wildman–Crippen LogP) is 0.623. The van der Waals surface area contributed by atoms with Crippen molar-refractivity contribution in [3.63, 3.8) is 0 Å². The third-order valence-corrected chi connectivity index (χ3v) is 3.66. The van der Waals surface area contributed by atoms with Crippen LogP contribution in [-0.4, -0.2) is 40.6 Å². The molecule has 0 aromatic carbocycles. The Bertz CT molecular complexity index is 296. The molecular weight excluding hydrogens is 208 g/mol. The number of rotatable bonds is 2. The molecule has 1 aliphatic heterocycles. The summed E-state index contributed by atoms with van der Waals surface area (Å²) >= 11 is 0. The lowest BCUT2D eigenvalue weighted by molar-refractivity contribution is -0.127. The molecule has 2 fully saturated rings. The van der Waals surface area contributed by atoms with Crippen molar-refractivity contribution in [1.82, 2.24) is 10.2 Å². The van der Waals surface area contributed by atoms with E-state index in [1.54, 1.807) is 0 Å². The van der Waals surface area contributed by atoms with E-state index in [0.29, 0.717) is 0 Å². The molecule has 2 N–H and O–H groups in total. The number of nitrogens with one attached hydrogen (secondary N) is 1. The van der Waals surface area contributed by atoms with E-state index >= 15 is 0 Å². The van der Waals surface area contributed by atoms with Crippen molar-refractivity contribution in [2.24, 2.45) is 0 Å². The zero-order chi connectivity index (χ0) is 11.6. The fourth-order valence-corrected chi connectivity index (χ4v) is 2.82. The number of β-amino-alcohol motifs (C(OH)–C–C–N with tert-alkyl or cyclic N) is 1. The van der Waals surface area contributed by atoms with Crippen LogP contribution in [-0.2, 0) is 4.79 Å². The second-order valence-electron chi connectivity index (χ2n) is 4.58. The fraction of sp³-hybridized carbons (Fsp3) is 0.818. The van der Waals surface area contributed by atoms with Crippen LogP contribution in [0.1, 0.15) is 38.5 Å². The first-order chi connectivity index (χ1) is 7.70. The number of aliphatic hydroxyl groups is 1. The zero-order valence-electron chi connectivity index (χ0n) is 9.37. The number of nitrogens with zero attached hydrogens (tertiary/aromatic N) is 1. The van der Waals surface area contributed by atoms with Gasteiger partial charge in [-0.15, -0.1) is 0 Å². The maximum Gasteiger partial charge on any atom is 0.325 e. The predicted molar refractivity (Wildman–Crippen MR) is 57.8 cm³/mol. The standard InChI is InChI=1S/C11H18N2O3/c14-8-7-13-10(16)12-9(15)11(13)5-3-1-2-4-6-11/h14H,1-8H2,(H,12,15,16). The Hall–Kier alpha value is -1.10. The molecule has 0 unspecified atom stereocenters. The Balaban J connectivity index is 2.25. The Morgan fingerprint density at radius 3 is 2.38 bits per heavy atom. The van der Waals surface area contributed by atoms with Crippen LogP contribution < -0.4 is 5.32 Å². The van der Waals surface area contributed by atoms with Gasteiger partial charge in [0.2, 0.25) is 0 Å². The zero-order valence-corrected chi connectivity index (χ0v) is 9.37. The number of hydrogen-bond donors (Lipinski definition) is 2. The minimum atomic E-state index is -0.670. The molecule has 16 heavy (non-hydrogen) atoms. The van der Waals surface area contributed by atoms with Crippen molar-refractivity contribution in [2.45, 2.75) is 44.1 Å². The number of aliphatic hydroxyl groups excluding tert-OH is 1. The molecule has 1 aliphatic carbocycles. The van der Waals surface area contributed by atoms with Crippen molar-refractivity contribution in [3.8, 4) is 0 Å². The van der Waals surface area contributed by atoms with Gasteiger partial charge in [0.15, 0.2) is 0 Å². The highest BCUT2D eigenvalue weighted by molar-refractivity contribution is 6.07. The molecule has 2 aliphatic rings. The summed E-state index contributed by atoms with van der Waals surface area (Å²) < 4.78 is 0. The molecule has 1 saturated heterocycles. The molecule has 2 rings (SSSR count). The minimum Gasteiger partial charge on any atom is -0.395 e. The number of amides is 3. The summed E-state index contributed by atoms with van der Waals surface area (Å²) in [5, 5.41) is 11.4. The van der Waals surface area contributed by atoms with Crippen LogP contribution in [0.25, 0.3) is 0 Å². The van der Waals surface area contributed by atoms with Gasteiger partial charge < -0.3 is 10.0 Å².